The SMILES string of the molecule is COc1ccccc1C(C)NC(=O)c1cc2cccc(C)c2nc1Cl. The van der Waals surface area contributed by atoms with Gasteiger partial charge in [-0.1, -0.05) is 48.0 Å². The number of pyridine rings is 1. The number of aromatic nitrogens is 1. The Kier molecular flexibility index (Phi) is 4.91. The van der Waals surface area contributed by atoms with Gasteiger partial charge in [0.25, 0.3) is 5.91 Å². The average molecular weight is 355 g/mol. The van der Waals surface area contributed by atoms with Crippen LogP contribution in [0.1, 0.15) is 34.5 Å². The van der Waals surface area contributed by atoms with Crippen molar-refractivity contribution in [2.75, 3.05) is 7.11 Å². The molecule has 128 valence electrons. The normalized spacial score (nSPS) is 12.0. The Balaban J connectivity index is 1.91. The Bertz CT molecular complexity index is 940. The number of hydrogen-bond donors (Lipinski definition) is 1. The van der Waals surface area contributed by atoms with Crippen molar-refractivity contribution in [1.82, 2.24) is 10.3 Å². The standard InChI is InChI=1S/C20H19ClN2O2/c1-12-7-6-8-14-11-16(19(21)23-18(12)14)20(24)22-13(2)15-9-4-5-10-17(15)25-3/h4-11,13H,1-3H3,(H,22,24). The third-order valence-electron chi connectivity index (χ3n) is 4.20. The lowest BCUT2D eigenvalue weighted by molar-refractivity contribution is 0.0939. The molecule has 0 aliphatic carbocycles. The van der Waals surface area contributed by atoms with Gasteiger partial charge in [-0.3, -0.25) is 4.79 Å². The Labute approximate surface area is 151 Å². The molecule has 1 atom stereocenters. The smallest absolute Gasteiger partial charge is 0.254 e. The fourth-order valence-electron chi connectivity index (χ4n) is 2.86. The van der Waals surface area contributed by atoms with E-state index >= 15 is 0 Å². The summed E-state index contributed by atoms with van der Waals surface area (Å²) in [4.78, 5) is 17.1. The zero-order valence-corrected chi connectivity index (χ0v) is 15.1. The van der Waals surface area contributed by atoms with Crippen LogP contribution >= 0.6 is 11.6 Å². The highest BCUT2D eigenvalue weighted by Gasteiger charge is 2.18. The Morgan fingerprint density at radius 1 is 1.20 bits per heavy atom. The van der Waals surface area contributed by atoms with Crippen LogP contribution in [0.15, 0.2) is 48.5 Å². The molecule has 25 heavy (non-hydrogen) atoms. The van der Waals surface area contributed by atoms with Crippen LogP contribution in [0.25, 0.3) is 10.9 Å². The van der Waals surface area contributed by atoms with Crippen molar-refractivity contribution < 1.29 is 9.53 Å². The van der Waals surface area contributed by atoms with Crippen LogP contribution in [0, 0.1) is 6.92 Å². The summed E-state index contributed by atoms with van der Waals surface area (Å²) < 4.78 is 5.36. The lowest BCUT2D eigenvalue weighted by Gasteiger charge is -2.17. The first kappa shape index (κ1) is 17.2. The zero-order valence-electron chi connectivity index (χ0n) is 14.3. The maximum atomic E-state index is 12.7. The molecule has 5 heteroatoms. The van der Waals surface area contributed by atoms with E-state index in [0.29, 0.717) is 5.56 Å². The van der Waals surface area contributed by atoms with E-state index in [1.807, 2.05) is 56.3 Å². The molecule has 0 saturated heterocycles. The zero-order chi connectivity index (χ0) is 18.0. The molecule has 3 aromatic rings. The van der Waals surface area contributed by atoms with E-state index in [2.05, 4.69) is 10.3 Å². The molecule has 0 radical (unpaired) electrons. The number of ether oxygens (including phenoxy) is 1. The van der Waals surface area contributed by atoms with Gasteiger partial charge in [0.2, 0.25) is 0 Å². The van der Waals surface area contributed by atoms with Crippen LogP contribution in [0.5, 0.6) is 5.75 Å². The van der Waals surface area contributed by atoms with Crippen molar-refractivity contribution in [3.05, 3.63) is 70.4 Å². The summed E-state index contributed by atoms with van der Waals surface area (Å²) in [6.07, 6.45) is 0. The Morgan fingerprint density at radius 3 is 2.72 bits per heavy atom. The maximum absolute atomic E-state index is 12.7. The molecule has 0 fully saturated rings. The average Bonchev–Trinajstić information content (AvgIpc) is 2.61. The van der Waals surface area contributed by atoms with Gasteiger partial charge in [-0.05, 0) is 31.5 Å². The van der Waals surface area contributed by atoms with E-state index in [9.17, 15) is 4.79 Å². The highest BCUT2D eigenvalue weighted by molar-refractivity contribution is 6.33. The number of aryl methyl sites for hydroxylation is 1. The monoisotopic (exact) mass is 354 g/mol. The number of rotatable bonds is 4. The number of benzene rings is 2. The van der Waals surface area contributed by atoms with Crippen LogP contribution < -0.4 is 10.1 Å². The molecule has 0 aliphatic rings. The van der Waals surface area contributed by atoms with Crippen LogP contribution in [0.4, 0.5) is 0 Å². The summed E-state index contributed by atoms with van der Waals surface area (Å²) in [7, 11) is 1.61. The minimum atomic E-state index is -0.265. The molecule has 1 aromatic heterocycles. The molecule has 1 heterocycles. The highest BCUT2D eigenvalue weighted by atomic mass is 35.5. The predicted molar refractivity (Wildman–Crippen MR) is 100 cm³/mol. The second-order valence-electron chi connectivity index (χ2n) is 5.91. The van der Waals surface area contributed by atoms with Gasteiger partial charge in [-0.25, -0.2) is 4.98 Å². The van der Waals surface area contributed by atoms with Crippen LogP contribution in [0.2, 0.25) is 5.15 Å². The van der Waals surface area contributed by atoms with Gasteiger partial charge in [0, 0.05) is 10.9 Å². The molecule has 0 aliphatic heterocycles. The first-order chi connectivity index (χ1) is 12.0. The van der Waals surface area contributed by atoms with Gasteiger partial charge in [-0.2, -0.15) is 0 Å². The van der Waals surface area contributed by atoms with Crippen molar-refractivity contribution in [2.45, 2.75) is 19.9 Å². The van der Waals surface area contributed by atoms with E-state index < -0.39 is 0 Å². The predicted octanol–water partition coefficient (Wildman–Crippen LogP) is 4.70. The summed E-state index contributed by atoms with van der Waals surface area (Å²) >= 11 is 6.26. The summed E-state index contributed by atoms with van der Waals surface area (Å²) in [6, 6.07) is 15.0. The Morgan fingerprint density at radius 2 is 1.96 bits per heavy atom. The molecule has 1 unspecified atom stereocenters. The minimum Gasteiger partial charge on any atom is -0.496 e. The molecule has 4 nitrogen and oxygen atoms in total. The largest absolute Gasteiger partial charge is 0.496 e. The number of methoxy groups -OCH3 is 1. The minimum absolute atomic E-state index is 0.200. The molecule has 0 bridgehead atoms. The Hall–Kier alpha value is -2.59. The summed E-state index contributed by atoms with van der Waals surface area (Å²) in [5.74, 6) is 0.466. The van der Waals surface area contributed by atoms with E-state index in [1.54, 1.807) is 13.2 Å². The molecule has 1 amide bonds. The number of para-hydroxylation sites is 2. The lowest BCUT2D eigenvalue weighted by atomic mass is 10.1. The fraction of sp³-hybridized carbons (Fsp3) is 0.200. The van der Waals surface area contributed by atoms with Crippen molar-refractivity contribution in [3.8, 4) is 5.75 Å². The number of carbonyl (C=O) groups excluding carboxylic acids is 1. The first-order valence-corrected chi connectivity index (χ1v) is 8.38. The van der Waals surface area contributed by atoms with E-state index in [0.717, 1.165) is 27.8 Å². The van der Waals surface area contributed by atoms with Crippen molar-refractivity contribution in [2.24, 2.45) is 0 Å². The van der Waals surface area contributed by atoms with Crippen LogP contribution in [-0.2, 0) is 0 Å². The number of nitrogens with zero attached hydrogens (tertiary/aromatic N) is 1. The number of halogens is 1. The molecule has 0 spiro atoms. The van der Waals surface area contributed by atoms with Gasteiger partial charge in [0.05, 0.1) is 24.2 Å². The molecule has 1 N–H and O–H groups in total. The van der Waals surface area contributed by atoms with Crippen LogP contribution in [0.3, 0.4) is 0 Å². The number of nitrogens with one attached hydrogen (secondary N) is 1. The molecular weight excluding hydrogens is 336 g/mol. The second-order valence-corrected chi connectivity index (χ2v) is 6.27. The number of carbonyl (C=O) groups is 1. The summed E-state index contributed by atoms with van der Waals surface area (Å²) in [5.41, 5.74) is 3.09. The van der Waals surface area contributed by atoms with Crippen molar-refractivity contribution >= 4 is 28.4 Å². The van der Waals surface area contributed by atoms with Gasteiger partial charge in [0.15, 0.2) is 0 Å². The maximum Gasteiger partial charge on any atom is 0.254 e. The summed E-state index contributed by atoms with van der Waals surface area (Å²) in [5, 5.41) is 4.05. The van der Waals surface area contributed by atoms with E-state index in [4.69, 9.17) is 16.3 Å². The van der Waals surface area contributed by atoms with Crippen molar-refractivity contribution in [1.29, 1.82) is 0 Å². The number of fused-ring (bicyclic) bond motifs is 1. The van der Waals surface area contributed by atoms with Gasteiger partial charge < -0.3 is 10.1 Å². The van der Waals surface area contributed by atoms with Gasteiger partial charge in [0.1, 0.15) is 10.9 Å². The van der Waals surface area contributed by atoms with Gasteiger partial charge >= 0.3 is 0 Å². The quantitative estimate of drug-likeness (QED) is 0.691. The van der Waals surface area contributed by atoms with Crippen molar-refractivity contribution in [3.63, 3.8) is 0 Å². The topological polar surface area (TPSA) is 51.2 Å². The molecular formula is C20H19ClN2O2. The van der Waals surface area contributed by atoms with E-state index in [1.165, 1.54) is 0 Å². The number of hydrogen-bond acceptors (Lipinski definition) is 3. The third kappa shape index (κ3) is 3.44. The van der Waals surface area contributed by atoms with Crippen LogP contribution in [-0.4, -0.2) is 18.0 Å². The molecule has 3 rings (SSSR count). The second kappa shape index (κ2) is 7.11. The fourth-order valence-corrected chi connectivity index (χ4v) is 3.08. The molecule has 2 aromatic carbocycles. The first-order valence-electron chi connectivity index (χ1n) is 8.01. The van der Waals surface area contributed by atoms with Gasteiger partial charge in [-0.15, -0.1) is 0 Å². The lowest BCUT2D eigenvalue weighted by Crippen LogP contribution is -2.27. The molecule has 0 saturated carbocycles. The number of amides is 1. The third-order valence-corrected chi connectivity index (χ3v) is 4.49. The van der Waals surface area contributed by atoms with E-state index in [-0.39, 0.29) is 17.1 Å². The highest BCUT2D eigenvalue weighted by Crippen LogP contribution is 2.26. The summed E-state index contributed by atoms with van der Waals surface area (Å²) in [6.45, 7) is 3.87.